The molecule has 1 heterocycles. The summed E-state index contributed by atoms with van der Waals surface area (Å²) >= 11 is 1.58. The van der Waals surface area contributed by atoms with Crippen molar-refractivity contribution in [1.29, 1.82) is 0 Å². The van der Waals surface area contributed by atoms with Crippen LogP contribution in [0, 0.1) is 6.92 Å². The number of hydrogen-bond acceptors (Lipinski definition) is 3. The van der Waals surface area contributed by atoms with Gasteiger partial charge in [0.15, 0.2) is 0 Å². The first kappa shape index (κ1) is 12.3. The summed E-state index contributed by atoms with van der Waals surface area (Å²) < 4.78 is 0. The number of aliphatic imine (C=N–C) groups is 1. The highest BCUT2D eigenvalue weighted by molar-refractivity contribution is 7.12. The van der Waals surface area contributed by atoms with Crippen molar-refractivity contribution < 1.29 is 0 Å². The quantitative estimate of drug-likeness (QED) is 0.556. The third-order valence-electron chi connectivity index (χ3n) is 1.92. The summed E-state index contributed by atoms with van der Waals surface area (Å²) in [4.78, 5) is 9.49. The van der Waals surface area contributed by atoms with Crippen molar-refractivity contribution in [2.24, 2.45) is 4.99 Å². The van der Waals surface area contributed by atoms with Crippen LogP contribution < -0.4 is 0 Å². The van der Waals surface area contributed by atoms with Gasteiger partial charge in [0.2, 0.25) is 0 Å². The number of thiazole rings is 1. The third-order valence-corrected chi connectivity index (χ3v) is 2.88. The molecule has 0 aromatic carbocycles. The van der Waals surface area contributed by atoms with Gasteiger partial charge in [-0.1, -0.05) is 32.4 Å². The maximum Gasteiger partial charge on any atom is 0.0908 e. The van der Waals surface area contributed by atoms with Gasteiger partial charge in [0, 0.05) is 11.8 Å². The monoisotopic (exact) mass is 230 g/mol. The second-order valence-corrected chi connectivity index (χ2v) is 4.32. The van der Waals surface area contributed by atoms with Crippen molar-refractivity contribution in [1.82, 2.24) is 4.98 Å². The van der Waals surface area contributed by atoms with E-state index >= 15 is 0 Å². The lowest BCUT2D eigenvalue weighted by atomic mass is 10.1. The van der Waals surface area contributed by atoms with E-state index < -0.39 is 0 Å². The predicted molar refractivity (Wildman–Crippen MR) is 73.8 cm³/mol. The molecule has 0 spiro atoms. The van der Waals surface area contributed by atoms with Crippen molar-refractivity contribution in [2.45, 2.75) is 6.92 Å². The second kappa shape index (κ2) is 5.37. The van der Waals surface area contributed by atoms with E-state index in [4.69, 9.17) is 0 Å². The lowest BCUT2D eigenvalue weighted by Crippen LogP contribution is -1.88. The average Bonchev–Trinajstić information content (AvgIpc) is 2.66. The SMILES string of the molecule is C=CC=NC(=C)C(=C)c1nc(C)sc1C=C. The van der Waals surface area contributed by atoms with Crippen molar-refractivity contribution in [2.75, 3.05) is 0 Å². The van der Waals surface area contributed by atoms with Crippen molar-refractivity contribution in [3.05, 3.63) is 53.7 Å². The molecular formula is C13H14N2S. The van der Waals surface area contributed by atoms with Gasteiger partial charge in [-0.2, -0.15) is 0 Å². The molecule has 1 aromatic rings. The lowest BCUT2D eigenvalue weighted by Gasteiger charge is -2.02. The number of nitrogens with zero attached hydrogens (tertiary/aromatic N) is 2. The molecule has 0 aliphatic heterocycles. The van der Waals surface area contributed by atoms with Crippen molar-refractivity contribution >= 4 is 29.2 Å². The summed E-state index contributed by atoms with van der Waals surface area (Å²) in [7, 11) is 0. The summed E-state index contributed by atoms with van der Waals surface area (Å²) in [6.07, 6.45) is 4.95. The number of allylic oxidation sites excluding steroid dienone is 2. The Morgan fingerprint density at radius 2 is 2.06 bits per heavy atom. The number of rotatable bonds is 5. The molecule has 3 heteroatoms. The minimum absolute atomic E-state index is 0.591. The van der Waals surface area contributed by atoms with Gasteiger partial charge in [-0.3, -0.25) is 4.99 Å². The number of hydrogen-bond donors (Lipinski definition) is 0. The Bertz CT molecular complexity index is 478. The third kappa shape index (κ3) is 2.64. The minimum Gasteiger partial charge on any atom is -0.257 e. The molecule has 0 aliphatic carbocycles. The molecule has 16 heavy (non-hydrogen) atoms. The molecule has 1 rings (SSSR count). The standard InChI is InChI=1S/C13H14N2S/c1-6-8-14-10(4)9(3)13-12(7-2)16-11(5)15-13/h6-8H,1-4H2,5H3. The largest absolute Gasteiger partial charge is 0.257 e. The Hall–Kier alpha value is -1.74. The first-order valence-electron chi connectivity index (χ1n) is 4.73. The van der Waals surface area contributed by atoms with Gasteiger partial charge in [0.05, 0.1) is 21.3 Å². The van der Waals surface area contributed by atoms with Crippen molar-refractivity contribution in [3.8, 4) is 0 Å². The maximum atomic E-state index is 4.40. The molecule has 0 N–H and O–H groups in total. The smallest absolute Gasteiger partial charge is 0.0908 e. The summed E-state index contributed by atoms with van der Waals surface area (Å²) in [6, 6.07) is 0. The Labute approximate surface area is 100 Å². The highest BCUT2D eigenvalue weighted by atomic mass is 32.1. The van der Waals surface area contributed by atoms with E-state index in [0.717, 1.165) is 21.2 Å². The van der Waals surface area contributed by atoms with Gasteiger partial charge >= 0.3 is 0 Å². The fraction of sp³-hybridized carbons (Fsp3) is 0.0769. The Morgan fingerprint density at radius 1 is 1.38 bits per heavy atom. The highest BCUT2D eigenvalue weighted by Gasteiger charge is 2.11. The zero-order valence-electron chi connectivity index (χ0n) is 9.36. The van der Waals surface area contributed by atoms with Crippen molar-refractivity contribution in [3.63, 3.8) is 0 Å². The molecule has 0 bridgehead atoms. The predicted octanol–water partition coefficient (Wildman–Crippen LogP) is 3.88. The van der Waals surface area contributed by atoms with Crippen LogP contribution in [-0.2, 0) is 0 Å². The zero-order valence-corrected chi connectivity index (χ0v) is 10.2. The van der Waals surface area contributed by atoms with E-state index in [-0.39, 0.29) is 0 Å². The Kier molecular flexibility index (Phi) is 4.14. The number of aromatic nitrogens is 1. The number of aryl methyl sites for hydroxylation is 1. The van der Waals surface area contributed by atoms with E-state index in [1.165, 1.54) is 0 Å². The van der Waals surface area contributed by atoms with Crippen LogP contribution in [0.15, 0.2) is 43.1 Å². The summed E-state index contributed by atoms with van der Waals surface area (Å²) in [5.41, 5.74) is 2.12. The van der Waals surface area contributed by atoms with Crippen LogP contribution >= 0.6 is 11.3 Å². The van der Waals surface area contributed by atoms with E-state index in [9.17, 15) is 0 Å². The fourth-order valence-corrected chi connectivity index (χ4v) is 1.96. The molecule has 2 nitrogen and oxygen atoms in total. The second-order valence-electron chi connectivity index (χ2n) is 3.09. The van der Waals surface area contributed by atoms with Gasteiger partial charge in [-0.05, 0) is 13.0 Å². The maximum absolute atomic E-state index is 4.40. The molecular weight excluding hydrogens is 216 g/mol. The van der Waals surface area contributed by atoms with Crippen LogP contribution in [0.25, 0.3) is 11.6 Å². The van der Waals surface area contributed by atoms with Crippen LogP contribution in [0.4, 0.5) is 0 Å². The lowest BCUT2D eigenvalue weighted by molar-refractivity contribution is 1.25. The molecule has 0 saturated heterocycles. The van der Waals surface area contributed by atoms with E-state index in [1.54, 1.807) is 29.7 Å². The molecule has 0 radical (unpaired) electrons. The van der Waals surface area contributed by atoms with Crippen LogP contribution in [0.2, 0.25) is 0 Å². The molecule has 0 amide bonds. The fourth-order valence-electron chi connectivity index (χ4n) is 1.15. The Morgan fingerprint density at radius 3 is 2.62 bits per heavy atom. The highest BCUT2D eigenvalue weighted by Crippen LogP contribution is 2.28. The van der Waals surface area contributed by atoms with Gasteiger partial charge < -0.3 is 0 Å². The molecule has 0 saturated carbocycles. The first-order valence-corrected chi connectivity index (χ1v) is 5.55. The minimum atomic E-state index is 0.591. The van der Waals surface area contributed by atoms with Crippen LogP contribution in [-0.4, -0.2) is 11.2 Å². The summed E-state index contributed by atoms with van der Waals surface area (Å²) in [5.74, 6) is 0. The van der Waals surface area contributed by atoms with Gasteiger partial charge in [-0.25, -0.2) is 4.98 Å². The molecule has 82 valence electrons. The summed E-state index contributed by atoms with van der Waals surface area (Å²) in [6.45, 7) is 17.0. The van der Waals surface area contributed by atoms with Gasteiger partial charge in [-0.15, -0.1) is 11.3 Å². The molecule has 0 aliphatic rings. The van der Waals surface area contributed by atoms with Gasteiger partial charge in [0.25, 0.3) is 0 Å². The van der Waals surface area contributed by atoms with Crippen LogP contribution in [0.3, 0.4) is 0 Å². The van der Waals surface area contributed by atoms with Crippen LogP contribution in [0.1, 0.15) is 15.6 Å². The molecule has 0 unspecified atom stereocenters. The molecule has 1 aromatic heterocycles. The van der Waals surface area contributed by atoms with E-state index in [0.29, 0.717) is 5.70 Å². The molecule has 0 fully saturated rings. The topological polar surface area (TPSA) is 25.2 Å². The van der Waals surface area contributed by atoms with Gasteiger partial charge in [0.1, 0.15) is 0 Å². The van der Waals surface area contributed by atoms with E-state index in [2.05, 4.69) is 36.3 Å². The van der Waals surface area contributed by atoms with Crippen LogP contribution in [0.5, 0.6) is 0 Å². The molecule has 0 atom stereocenters. The zero-order chi connectivity index (χ0) is 12.1. The first-order chi connectivity index (χ1) is 7.60. The normalized spacial score (nSPS) is 10.3. The average molecular weight is 230 g/mol. The van der Waals surface area contributed by atoms with E-state index in [1.807, 2.05) is 6.92 Å². The summed E-state index contributed by atoms with van der Waals surface area (Å²) in [5, 5.41) is 0.978. The Balaban J connectivity index is 3.04.